The summed E-state index contributed by atoms with van der Waals surface area (Å²) in [7, 11) is 0. The Morgan fingerprint density at radius 1 is 1.15 bits per heavy atom. The molecule has 166 valence electrons. The summed E-state index contributed by atoms with van der Waals surface area (Å²) in [5.41, 5.74) is 2.72. The second kappa shape index (κ2) is 8.22. The van der Waals surface area contributed by atoms with Gasteiger partial charge in [-0.25, -0.2) is 0 Å². The van der Waals surface area contributed by atoms with Gasteiger partial charge in [0.1, 0.15) is 6.04 Å². The molecule has 2 aromatic carbocycles. The van der Waals surface area contributed by atoms with Crippen molar-refractivity contribution >= 4 is 63.1 Å². The Balaban J connectivity index is 1.55. The van der Waals surface area contributed by atoms with Gasteiger partial charge < -0.3 is 0 Å². The van der Waals surface area contributed by atoms with Gasteiger partial charge in [-0.2, -0.15) is 0 Å². The molecule has 3 heterocycles. The van der Waals surface area contributed by atoms with Crippen molar-refractivity contribution in [3.05, 3.63) is 71.4 Å². The number of anilines is 1. The van der Waals surface area contributed by atoms with Crippen molar-refractivity contribution in [1.29, 1.82) is 0 Å². The van der Waals surface area contributed by atoms with Gasteiger partial charge in [0.05, 0.1) is 51.2 Å². The minimum absolute atomic E-state index is 0.162. The molecular weight excluding hydrogens is 535 g/mol. The number of imide groups is 1. The summed E-state index contributed by atoms with van der Waals surface area (Å²) in [4.78, 5) is 56.6. The Morgan fingerprint density at radius 3 is 2.64 bits per heavy atom. The maximum Gasteiger partial charge on any atom is 0.265 e. The molecule has 1 saturated heterocycles. The number of nitrogens with one attached hydrogen (secondary N) is 1. The van der Waals surface area contributed by atoms with Crippen molar-refractivity contribution in [2.24, 2.45) is 0 Å². The Labute approximate surface area is 203 Å². The third kappa shape index (κ3) is 3.47. The molecule has 2 aliphatic rings. The quantitative estimate of drug-likeness (QED) is 0.302. The van der Waals surface area contributed by atoms with E-state index in [1.807, 2.05) is 60.1 Å². The van der Waals surface area contributed by atoms with Gasteiger partial charge in [-0.15, -0.1) is 0 Å². The van der Waals surface area contributed by atoms with Gasteiger partial charge >= 0.3 is 0 Å². The van der Waals surface area contributed by atoms with E-state index in [1.54, 1.807) is 21.3 Å². The summed E-state index contributed by atoms with van der Waals surface area (Å²) in [6, 6.07) is 13.6. The first kappa shape index (κ1) is 21.5. The van der Waals surface area contributed by atoms with Gasteiger partial charge in [-0.1, -0.05) is 30.3 Å². The maximum absolute atomic E-state index is 13.4. The Bertz CT molecular complexity index is 1330. The molecule has 2 unspecified atom stereocenters. The molecule has 1 fully saturated rings. The van der Waals surface area contributed by atoms with E-state index in [9.17, 15) is 19.2 Å². The fourth-order valence-electron chi connectivity index (χ4n) is 4.43. The highest BCUT2D eigenvalue weighted by Gasteiger charge is 2.41. The van der Waals surface area contributed by atoms with E-state index < -0.39 is 11.9 Å². The molecule has 33 heavy (non-hydrogen) atoms. The van der Waals surface area contributed by atoms with Crippen LogP contribution in [0.1, 0.15) is 52.1 Å². The number of benzene rings is 2. The topological polar surface area (TPSA) is 99.7 Å². The number of amides is 4. The molecule has 8 nitrogen and oxygen atoms in total. The van der Waals surface area contributed by atoms with Gasteiger partial charge in [-0.05, 0) is 37.1 Å². The molecule has 5 rings (SSSR count). The standard InChI is InChI=1S/C24H19IN4O4/c1-13(14-5-3-2-4-6-14)29(25)24(33)16-8-7-15-20-17(11-12-26-21(16)20)28(23(15)32)18-9-10-19(30)27-22(18)31/h2-8,11-13,18H,9-10H2,1H3,(H,27,30,31). The lowest BCUT2D eigenvalue weighted by Crippen LogP contribution is -2.53. The SMILES string of the molecule is CC(c1ccccc1)N(I)C(=O)c1ccc2c3c(ccnc13)N(C1CCC(=O)NC1=O)C2=O. The van der Waals surface area contributed by atoms with E-state index >= 15 is 0 Å². The first-order valence-electron chi connectivity index (χ1n) is 10.5. The van der Waals surface area contributed by atoms with Crippen LogP contribution in [0.5, 0.6) is 0 Å². The Hall–Kier alpha value is -3.34. The number of pyridine rings is 1. The Morgan fingerprint density at radius 2 is 1.91 bits per heavy atom. The maximum atomic E-state index is 13.4. The fourth-order valence-corrected chi connectivity index (χ4v) is 5.01. The zero-order valence-corrected chi connectivity index (χ0v) is 19.8. The second-order valence-electron chi connectivity index (χ2n) is 8.06. The average Bonchev–Trinajstić information content (AvgIpc) is 3.11. The van der Waals surface area contributed by atoms with E-state index in [4.69, 9.17) is 0 Å². The van der Waals surface area contributed by atoms with Crippen molar-refractivity contribution in [2.75, 3.05) is 4.90 Å². The predicted octanol–water partition coefficient (Wildman–Crippen LogP) is 3.55. The molecule has 1 N–H and O–H groups in total. The fraction of sp³-hybridized carbons (Fsp3) is 0.208. The molecule has 3 aromatic rings. The van der Waals surface area contributed by atoms with E-state index in [0.717, 1.165) is 5.56 Å². The van der Waals surface area contributed by atoms with Crippen LogP contribution in [0.3, 0.4) is 0 Å². The van der Waals surface area contributed by atoms with E-state index in [2.05, 4.69) is 10.3 Å². The van der Waals surface area contributed by atoms with Crippen LogP contribution in [-0.4, -0.2) is 37.8 Å². The first-order chi connectivity index (χ1) is 15.9. The molecule has 0 bridgehead atoms. The van der Waals surface area contributed by atoms with Crippen molar-refractivity contribution in [3.8, 4) is 0 Å². The third-order valence-electron chi connectivity index (χ3n) is 6.15. The van der Waals surface area contributed by atoms with Crippen LogP contribution in [-0.2, 0) is 9.59 Å². The number of piperidine rings is 1. The summed E-state index contributed by atoms with van der Waals surface area (Å²) >= 11 is 2.01. The van der Waals surface area contributed by atoms with Crippen LogP contribution in [0.4, 0.5) is 5.69 Å². The van der Waals surface area contributed by atoms with Crippen LogP contribution >= 0.6 is 22.9 Å². The van der Waals surface area contributed by atoms with E-state index in [-0.39, 0.29) is 36.6 Å². The minimum Gasteiger partial charge on any atom is -0.295 e. The minimum atomic E-state index is -0.786. The lowest BCUT2D eigenvalue weighted by atomic mass is 10.0. The molecule has 2 aliphatic heterocycles. The number of aromatic nitrogens is 1. The molecule has 0 spiro atoms. The number of hydrogen-bond donors (Lipinski definition) is 1. The molecule has 0 saturated carbocycles. The second-order valence-corrected chi connectivity index (χ2v) is 9.10. The smallest absolute Gasteiger partial charge is 0.265 e. The van der Waals surface area contributed by atoms with Gasteiger partial charge in [0, 0.05) is 18.0 Å². The summed E-state index contributed by atoms with van der Waals surface area (Å²) in [5.74, 6) is -1.40. The molecule has 0 radical (unpaired) electrons. The number of carbonyl (C=O) groups is 4. The Kier molecular flexibility index (Phi) is 5.35. The summed E-state index contributed by atoms with van der Waals surface area (Å²) in [6.45, 7) is 1.95. The molecule has 9 heteroatoms. The third-order valence-corrected chi connectivity index (χ3v) is 7.42. The van der Waals surface area contributed by atoms with E-state index in [1.165, 1.54) is 11.1 Å². The monoisotopic (exact) mass is 554 g/mol. The van der Waals surface area contributed by atoms with Crippen molar-refractivity contribution in [2.45, 2.75) is 31.8 Å². The summed E-state index contributed by atoms with van der Waals surface area (Å²) in [6.07, 6.45) is 1.94. The van der Waals surface area contributed by atoms with Crippen LogP contribution in [0.25, 0.3) is 10.9 Å². The van der Waals surface area contributed by atoms with E-state index in [0.29, 0.717) is 27.7 Å². The zero-order chi connectivity index (χ0) is 23.3. The lowest BCUT2D eigenvalue weighted by Gasteiger charge is -2.30. The van der Waals surface area contributed by atoms with Crippen LogP contribution in [0.2, 0.25) is 0 Å². The van der Waals surface area contributed by atoms with Crippen molar-refractivity contribution < 1.29 is 19.2 Å². The number of hydrogen-bond acceptors (Lipinski definition) is 5. The lowest BCUT2D eigenvalue weighted by molar-refractivity contribution is -0.134. The molecular formula is C24H19IN4O4. The molecule has 4 amide bonds. The van der Waals surface area contributed by atoms with Gasteiger partial charge in [-0.3, -0.25) is 37.5 Å². The van der Waals surface area contributed by atoms with Crippen LogP contribution in [0.15, 0.2) is 54.7 Å². The van der Waals surface area contributed by atoms with Crippen molar-refractivity contribution in [1.82, 2.24) is 13.4 Å². The summed E-state index contributed by atoms with van der Waals surface area (Å²) in [5, 5.41) is 2.86. The summed E-state index contributed by atoms with van der Waals surface area (Å²) < 4.78 is 1.62. The van der Waals surface area contributed by atoms with Gasteiger partial charge in [0.15, 0.2) is 0 Å². The highest BCUT2D eigenvalue weighted by Crippen LogP contribution is 2.40. The first-order valence-corrected chi connectivity index (χ1v) is 11.5. The van der Waals surface area contributed by atoms with Crippen LogP contribution < -0.4 is 10.2 Å². The normalized spacial score (nSPS) is 18.4. The number of halogens is 1. The number of nitrogens with zero attached hydrogens (tertiary/aromatic N) is 3. The molecule has 0 aliphatic carbocycles. The number of carbonyl (C=O) groups excluding carboxylic acids is 4. The highest BCUT2D eigenvalue weighted by molar-refractivity contribution is 14.1. The van der Waals surface area contributed by atoms with Crippen molar-refractivity contribution in [3.63, 3.8) is 0 Å². The van der Waals surface area contributed by atoms with Gasteiger partial charge in [0.25, 0.3) is 11.8 Å². The molecule has 1 aromatic heterocycles. The highest BCUT2D eigenvalue weighted by atomic mass is 127. The van der Waals surface area contributed by atoms with Crippen LogP contribution in [0, 0.1) is 0 Å². The largest absolute Gasteiger partial charge is 0.295 e. The van der Waals surface area contributed by atoms with Gasteiger partial charge in [0.2, 0.25) is 11.8 Å². The molecule has 2 atom stereocenters. The average molecular weight is 554 g/mol. The number of rotatable bonds is 4. The zero-order valence-electron chi connectivity index (χ0n) is 17.6. The predicted molar refractivity (Wildman–Crippen MR) is 130 cm³/mol.